The average molecular weight is 314 g/mol. The highest BCUT2D eigenvalue weighted by atomic mass is 32.2. The maximum Gasteiger partial charge on any atom is 0.223 e. The molecule has 21 heavy (non-hydrogen) atoms. The monoisotopic (exact) mass is 314 g/mol. The zero-order valence-electron chi connectivity index (χ0n) is 12.3. The second kappa shape index (κ2) is 7.09. The lowest BCUT2D eigenvalue weighted by Crippen LogP contribution is -2.38. The van der Waals surface area contributed by atoms with Gasteiger partial charge in [-0.15, -0.1) is 0 Å². The summed E-state index contributed by atoms with van der Waals surface area (Å²) >= 11 is 0. The van der Waals surface area contributed by atoms with E-state index in [1.165, 1.54) is 10.6 Å². The highest BCUT2D eigenvalue weighted by molar-refractivity contribution is 7.88. The topological polar surface area (TPSA) is 70.8 Å². The van der Waals surface area contributed by atoms with Gasteiger partial charge in [-0.25, -0.2) is 8.42 Å². The van der Waals surface area contributed by atoms with Gasteiger partial charge in [-0.3, -0.25) is 4.79 Å². The van der Waals surface area contributed by atoms with Crippen molar-refractivity contribution in [3.8, 4) is 0 Å². The van der Waals surface area contributed by atoms with Crippen molar-refractivity contribution in [2.45, 2.75) is 32.2 Å². The molecule has 0 aromatic carbocycles. The predicted molar refractivity (Wildman–Crippen MR) is 79.0 cm³/mol. The quantitative estimate of drug-likeness (QED) is 0.796. The van der Waals surface area contributed by atoms with Crippen LogP contribution in [0.4, 0.5) is 0 Å². The van der Waals surface area contributed by atoms with Crippen molar-refractivity contribution in [2.75, 3.05) is 25.9 Å². The van der Waals surface area contributed by atoms with E-state index < -0.39 is 10.0 Å². The van der Waals surface area contributed by atoms with Crippen molar-refractivity contribution < 1.29 is 17.6 Å². The van der Waals surface area contributed by atoms with Gasteiger partial charge in [0.25, 0.3) is 0 Å². The van der Waals surface area contributed by atoms with E-state index in [4.69, 9.17) is 4.42 Å². The molecule has 2 heterocycles. The molecule has 0 atom stereocenters. The zero-order valence-corrected chi connectivity index (χ0v) is 13.1. The highest BCUT2D eigenvalue weighted by Crippen LogP contribution is 2.13. The lowest BCUT2D eigenvalue weighted by Gasteiger charge is -2.27. The molecule has 118 valence electrons. The molecule has 0 saturated carbocycles. The number of rotatable bonds is 6. The molecule has 0 unspecified atom stereocenters. The van der Waals surface area contributed by atoms with Gasteiger partial charge in [0.15, 0.2) is 0 Å². The Hall–Kier alpha value is -1.34. The standard InChI is InChI=1S/C14H22N2O4S/c1-21(18,19)16(12-13-6-5-11-20-13)10-7-14(17)15-8-3-2-4-9-15/h5-6,11H,2-4,7-10,12H2,1H3. The Kier molecular flexibility index (Phi) is 5.41. The first-order chi connectivity index (χ1) is 9.97. The van der Waals surface area contributed by atoms with Crippen LogP contribution in [0.2, 0.25) is 0 Å². The van der Waals surface area contributed by atoms with Gasteiger partial charge < -0.3 is 9.32 Å². The van der Waals surface area contributed by atoms with E-state index in [1.54, 1.807) is 12.1 Å². The van der Waals surface area contributed by atoms with Gasteiger partial charge in [0.2, 0.25) is 15.9 Å². The van der Waals surface area contributed by atoms with Gasteiger partial charge in [0.1, 0.15) is 5.76 Å². The van der Waals surface area contributed by atoms with Crippen LogP contribution in [0.25, 0.3) is 0 Å². The summed E-state index contributed by atoms with van der Waals surface area (Å²) in [5.41, 5.74) is 0. The van der Waals surface area contributed by atoms with Crippen LogP contribution in [0.1, 0.15) is 31.4 Å². The van der Waals surface area contributed by atoms with Crippen LogP contribution in [-0.2, 0) is 21.4 Å². The van der Waals surface area contributed by atoms with E-state index in [-0.39, 0.29) is 25.4 Å². The average Bonchev–Trinajstić information content (AvgIpc) is 2.96. The second-order valence-corrected chi connectivity index (χ2v) is 7.35. The summed E-state index contributed by atoms with van der Waals surface area (Å²) in [5, 5.41) is 0. The summed E-state index contributed by atoms with van der Waals surface area (Å²) in [4.78, 5) is 13.9. The van der Waals surface area contributed by atoms with Crippen LogP contribution in [0.3, 0.4) is 0 Å². The minimum atomic E-state index is -3.36. The number of furan rings is 1. The number of hydrogen-bond donors (Lipinski definition) is 0. The van der Waals surface area contributed by atoms with Crippen molar-refractivity contribution in [2.24, 2.45) is 0 Å². The molecule has 6 nitrogen and oxygen atoms in total. The number of amides is 1. The van der Waals surface area contributed by atoms with Crippen molar-refractivity contribution in [1.29, 1.82) is 0 Å². The van der Waals surface area contributed by atoms with E-state index in [9.17, 15) is 13.2 Å². The summed E-state index contributed by atoms with van der Waals surface area (Å²) in [5.74, 6) is 0.605. The number of carbonyl (C=O) groups is 1. The molecule has 1 saturated heterocycles. The van der Waals surface area contributed by atoms with Gasteiger partial charge in [-0.1, -0.05) is 0 Å². The van der Waals surface area contributed by atoms with Gasteiger partial charge in [-0.05, 0) is 31.4 Å². The zero-order chi connectivity index (χ0) is 15.3. The van der Waals surface area contributed by atoms with Crippen molar-refractivity contribution in [3.05, 3.63) is 24.2 Å². The molecule has 1 aromatic rings. The molecule has 1 amide bonds. The summed E-state index contributed by atoms with van der Waals surface area (Å²) in [6.07, 6.45) is 6.11. The molecule has 2 rings (SSSR count). The third-order valence-electron chi connectivity index (χ3n) is 3.67. The largest absolute Gasteiger partial charge is 0.468 e. The third kappa shape index (κ3) is 4.86. The van der Waals surface area contributed by atoms with Gasteiger partial charge in [0.05, 0.1) is 19.1 Å². The number of likely N-dealkylation sites (tertiary alicyclic amines) is 1. The lowest BCUT2D eigenvalue weighted by atomic mass is 10.1. The van der Waals surface area contributed by atoms with Crippen LogP contribution in [0.15, 0.2) is 22.8 Å². The smallest absolute Gasteiger partial charge is 0.223 e. The Morgan fingerprint density at radius 2 is 2.05 bits per heavy atom. The van der Waals surface area contributed by atoms with E-state index in [0.29, 0.717) is 5.76 Å². The number of piperidine rings is 1. The third-order valence-corrected chi connectivity index (χ3v) is 4.91. The normalized spacial score (nSPS) is 16.4. The summed E-state index contributed by atoms with van der Waals surface area (Å²) in [7, 11) is -3.36. The molecule has 1 fully saturated rings. The fourth-order valence-electron chi connectivity index (χ4n) is 2.46. The van der Waals surface area contributed by atoms with Crippen LogP contribution in [0.5, 0.6) is 0 Å². The van der Waals surface area contributed by atoms with Crippen LogP contribution < -0.4 is 0 Å². The summed E-state index contributed by atoms with van der Waals surface area (Å²) < 4.78 is 30.1. The van der Waals surface area contributed by atoms with E-state index in [2.05, 4.69) is 0 Å². The predicted octanol–water partition coefficient (Wildman–Crippen LogP) is 1.44. The molecule has 7 heteroatoms. The summed E-state index contributed by atoms with van der Waals surface area (Å²) in [6, 6.07) is 3.44. The van der Waals surface area contributed by atoms with Gasteiger partial charge in [-0.2, -0.15) is 4.31 Å². The lowest BCUT2D eigenvalue weighted by molar-refractivity contribution is -0.132. The molecule has 0 radical (unpaired) electrons. The first kappa shape index (κ1) is 16.0. The minimum absolute atomic E-state index is 0.0304. The molecule has 0 spiro atoms. The number of nitrogens with zero attached hydrogens (tertiary/aromatic N) is 2. The fraction of sp³-hybridized carbons (Fsp3) is 0.643. The van der Waals surface area contributed by atoms with E-state index in [0.717, 1.165) is 38.6 Å². The Balaban J connectivity index is 1.91. The van der Waals surface area contributed by atoms with E-state index in [1.807, 2.05) is 4.90 Å². The molecule has 0 aliphatic carbocycles. The molecular weight excluding hydrogens is 292 g/mol. The van der Waals surface area contributed by atoms with Crippen molar-refractivity contribution in [1.82, 2.24) is 9.21 Å². The summed E-state index contributed by atoms with van der Waals surface area (Å²) in [6.45, 7) is 1.93. The first-order valence-electron chi connectivity index (χ1n) is 7.22. The SMILES string of the molecule is CS(=O)(=O)N(CCC(=O)N1CCCCC1)Cc1ccco1. The van der Waals surface area contributed by atoms with E-state index >= 15 is 0 Å². The van der Waals surface area contributed by atoms with Crippen LogP contribution in [0, 0.1) is 0 Å². The molecule has 1 aliphatic heterocycles. The number of hydrogen-bond acceptors (Lipinski definition) is 4. The Morgan fingerprint density at radius 1 is 1.33 bits per heavy atom. The minimum Gasteiger partial charge on any atom is -0.468 e. The second-order valence-electron chi connectivity index (χ2n) is 5.37. The van der Waals surface area contributed by atoms with Crippen molar-refractivity contribution in [3.63, 3.8) is 0 Å². The van der Waals surface area contributed by atoms with Gasteiger partial charge >= 0.3 is 0 Å². The molecule has 1 aliphatic rings. The fourth-order valence-corrected chi connectivity index (χ4v) is 3.24. The van der Waals surface area contributed by atoms with Crippen molar-refractivity contribution >= 4 is 15.9 Å². The van der Waals surface area contributed by atoms with Crippen LogP contribution >= 0.6 is 0 Å². The maximum absolute atomic E-state index is 12.1. The molecule has 0 N–H and O–H groups in total. The van der Waals surface area contributed by atoms with Crippen LogP contribution in [-0.4, -0.2) is 49.4 Å². The Morgan fingerprint density at radius 3 is 2.62 bits per heavy atom. The maximum atomic E-state index is 12.1. The molecule has 1 aromatic heterocycles. The molecule has 0 bridgehead atoms. The Labute approximate surface area is 125 Å². The number of carbonyl (C=O) groups excluding carboxylic acids is 1. The van der Waals surface area contributed by atoms with Gasteiger partial charge in [0, 0.05) is 26.1 Å². The molecular formula is C14H22N2O4S. The highest BCUT2D eigenvalue weighted by Gasteiger charge is 2.22. The number of sulfonamides is 1. The first-order valence-corrected chi connectivity index (χ1v) is 9.07. The Bertz CT molecular complexity index is 548.